The van der Waals surface area contributed by atoms with E-state index in [9.17, 15) is 13.2 Å². The van der Waals surface area contributed by atoms with E-state index in [1.807, 2.05) is 44.2 Å². The number of anilines is 1. The Morgan fingerprint density at radius 1 is 1.20 bits per heavy atom. The van der Waals surface area contributed by atoms with Crippen molar-refractivity contribution < 1.29 is 13.2 Å². The second-order valence-corrected chi connectivity index (χ2v) is 8.42. The first kappa shape index (κ1) is 17.5. The molecule has 0 bridgehead atoms. The Hall–Kier alpha value is -2.34. The van der Waals surface area contributed by atoms with Gasteiger partial charge in [-0.3, -0.25) is 9.10 Å². The van der Waals surface area contributed by atoms with Gasteiger partial charge in [-0.2, -0.15) is 0 Å². The lowest BCUT2D eigenvalue weighted by Gasteiger charge is -2.22. The van der Waals surface area contributed by atoms with E-state index in [0.29, 0.717) is 17.7 Å². The van der Waals surface area contributed by atoms with Crippen LogP contribution in [0.2, 0.25) is 0 Å². The van der Waals surface area contributed by atoms with Crippen LogP contribution in [0.1, 0.15) is 41.4 Å². The van der Waals surface area contributed by atoms with Gasteiger partial charge in [0.2, 0.25) is 10.0 Å². The summed E-state index contributed by atoms with van der Waals surface area (Å²) in [6.45, 7) is 3.81. The molecule has 1 aliphatic heterocycles. The SMILES string of the molecule is C[C@H](NC(=O)c1ccc2c(c1)C[C@H](C)N2S(C)(=O)=O)c1ccccc1. The summed E-state index contributed by atoms with van der Waals surface area (Å²) >= 11 is 0. The Bertz CT molecular complexity index is 894. The van der Waals surface area contributed by atoms with Crippen LogP contribution in [-0.4, -0.2) is 26.6 Å². The number of nitrogens with zero attached hydrogens (tertiary/aromatic N) is 1. The van der Waals surface area contributed by atoms with E-state index in [-0.39, 0.29) is 18.0 Å². The lowest BCUT2D eigenvalue weighted by Crippen LogP contribution is -2.34. The molecule has 25 heavy (non-hydrogen) atoms. The van der Waals surface area contributed by atoms with Crippen molar-refractivity contribution in [3.8, 4) is 0 Å². The third kappa shape index (κ3) is 3.54. The Labute approximate surface area is 148 Å². The highest BCUT2D eigenvalue weighted by Crippen LogP contribution is 2.34. The predicted octanol–water partition coefficient (Wildman–Crippen LogP) is 2.89. The van der Waals surface area contributed by atoms with E-state index in [1.165, 1.54) is 10.6 Å². The molecule has 2 aromatic carbocycles. The molecule has 0 aromatic heterocycles. The average Bonchev–Trinajstić information content (AvgIpc) is 2.90. The van der Waals surface area contributed by atoms with Crippen LogP contribution in [0, 0.1) is 0 Å². The molecule has 2 aromatic rings. The Morgan fingerprint density at radius 3 is 2.52 bits per heavy atom. The summed E-state index contributed by atoms with van der Waals surface area (Å²) in [5.74, 6) is -0.162. The molecule has 2 atom stereocenters. The zero-order valence-corrected chi connectivity index (χ0v) is 15.4. The Balaban J connectivity index is 1.81. The lowest BCUT2D eigenvalue weighted by atomic mass is 10.0. The van der Waals surface area contributed by atoms with Gasteiger partial charge in [-0.15, -0.1) is 0 Å². The van der Waals surface area contributed by atoms with Crippen molar-refractivity contribution in [2.75, 3.05) is 10.6 Å². The molecule has 132 valence electrons. The highest BCUT2D eigenvalue weighted by molar-refractivity contribution is 7.92. The fourth-order valence-electron chi connectivity index (χ4n) is 3.35. The zero-order chi connectivity index (χ0) is 18.2. The van der Waals surface area contributed by atoms with Gasteiger partial charge in [-0.25, -0.2) is 8.42 Å². The maximum absolute atomic E-state index is 12.5. The molecular weight excluding hydrogens is 336 g/mol. The summed E-state index contributed by atoms with van der Waals surface area (Å²) in [5.41, 5.74) is 3.14. The molecule has 0 spiro atoms. The van der Waals surface area contributed by atoms with Crippen LogP contribution in [0.5, 0.6) is 0 Å². The number of fused-ring (bicyclic) bond motifs is 1. The molecule has 1 heterocycles. The van der Waals surface area contributed by atoms with E-state index >= 15 is 0 Å². The summed E-state index contributed by atoms with van der Waals surface area (Å²) in [6, 6.07) is 14.7. The summed E-state index contributed by atoms with van der Waals surface area (Å²) in [6.07, 6.45) is 1.82. The largest absolute Gasteiger partial charge is 0.346 e. The van der Waals surface area contributed by atoms with Crippen LogP contribution in [0.15, 0.2) is 48.5 Å². The number of nitrogens with one attached hydrogen (secondary N) is 1. The molecular formula is C19H22N2O3S. The standard InChI is InChI=1S/C19H22N2O3S/c1-13-11-17-12-16(9-10-18(17)21(13)25(3,23)24)19(22)20-14(2)15-7-5-4-6-8-15/h4-10,12-14H,11H2,1-3H3,(H,20,22)/t13-,14-/m0/s1. The highest BCUT2D eigenvalue weighted by Gasteiger charge is 2.32. The van der Waals surface area contributed by atoms with Gasteiger partial charge in [0.1, 0.15) is 0 Å². The van der Waals surface area contributed by atoms with Crippen molar-refractivity contribution in [3.63, 3.8) is 0 Å². The van der Waals surface area contributed by atoms with Gasteiger partial charge in [-0.1, -0.05) is 30.3 Å². The molecule has 5 nitrogen and oxygen atoms in total. The monoisotopic (exact) mass is 358 g/mol. The van der Waals surface area contributed by atoms with Crippen molar-refractivity contribution in [3.05, 3.63) is 65.2 Å². The number of rotatable bonds is 4. The van der Waals surface area contributed by atoms with Gasteiger partial charge in [0, 0.05) is 11.6 Å². The molecule has 1 amide bonds. The van der Waals surface area contributed by atoms with Crippen molar-refractivity contribution in [1.29, 1.82) is 0 Å². The van der Waals surface area contributed by atoms with E-state index in [1.54, 1.807) is 18.2 Å². The highest BCUT2D eigenvalue weighted by atomic mass is 32.2. The topological polar surface area (TPSA) is 66.5 Å². The third-order valence-electron chi connectivity index (χ3n) is 4.50. The molecule has 0 radical (unpaired) electrons. The number of amides is 1. The summed E-state index contributed by atoms with van der Waals surface area (Å²) in [7, 11) is -3.32. The molecule has 1 N–H and O–H groups in total. The third-order valence-corrected chi connectivity index (χ3v) is 5.77. The second-order valence-electron chi connectivity index (χ2n) is 6.56. The minimum Gasteiger partial charge on any atom is -0.346 e. The number of hydrogen-bond donors (Lipinski definition) is 1. The first-order valence-corrected chi connectivity index (χ1v) is 10.1. The molecule has 3 rings (SSSR count). The van der Waals surface area contributed by atoms with Crippen LogP contribution < -0.4 is 9.62 Å². The van der Waals surface area contributed by atoms with Gasteiger partial charge in [-0.05, 0) is 49.6 Å². The molecule has 0 fully saturated rings. The van der Waals surface area contributed by atoms with Crippen molar-refractivity contribution in [2.45, 2.75) is 32.4 Å². The van der Waals surface area contributed by atoms with Crippen LogP contribution in [-0.2, 0) is 16.4 Å². The molecule has 0 aliphatic carbocycles. The first-order chi connectivity index (χ1) is 11.8. The average molecular weight is 358 g/mol. The van der Waals surface area contributed by atoms with Crippen molar-refractivity contribution in [2.24, 2.45) is 0 Å². The molecule has 0 saturated carbocycles. The van der Waals surface area contributed by atoms with Gasteiger partial charge >= 0.3 is 0 Å². The second kappa shape index (κ2) is 6.52. The smallest absolute Gasteiger partial charge is 0.251 e. The van der Waals surface area contributed by atoms with Crippen LogP contribution >= 0.6 is 0 Å². The van der Waals surface area contributed by atoms with E-state index in [4.69, 9.17) is 0 Å². The van der Waals surface area contributed by atoms with Crippen molar-refractivity contribution >= 4 is 21.6 Å². The Kier molecular flexibility index (Phi) is 4.56. The summed E-state index contributed by atoms with van der Waals surface area (Å²) in [4.78, 5) is 12.5. The molecule has 0 saturated heterocycles. The fraction of sp³-hybridized carbons (Fsp3) is 0.316. The predicted molar refractivity (Wildman–Crippen MR) is 99.3 cm³/mol. The van der Waals surface area contributed by atoms with Crippen LogP contribution in [0.4, 0.5) is 5.69 Å². The van der Waals surface area contributed by atoms with Gasteiger partial charge in [0.15, 0.2) is 0 Å². The molecule has 0 unspecified atom stereocenters. The van der Waals surface area contributed by atoms with Crippen molar-refractivity contribution in [1.82, 2.24) is 5.32 Å². The maximum Gasteiger partial charge on any atom is 0.251 e. The van der Waals surface area contributed by atoms with Gasteiger partial charge in [0.05, 0.1) is 18.0 Å². The zero-order valence-electron chi connectivity index (χ0n) is 14.6. The number of carbonyl (C=O) groups excluding carboxylic acids is 1. The maximum atomic E-state index is 12.5. The van der Waals surface area contributed by atoms with E-state index in [2.05, 4.69) is 5.32 Å². The normalized spacial score (nSPS) is 17.9. The van der Waals surface area contributed by atoms with Crippen LogP contribution in [0.25, 0.3) is 0 Å². The number of benzene rings is 2. The quantitative estimate of drug-likeness (QED) is 0.914. The summed E-state index contributed by atoms with van der Waals surface area (Å²) < 4.78 is 25.4. The van der Waals surface area contributed by atoms with Gasteiger partial charge in [0.25, 0.3) is 5.91 Å². The molecule has 1 aliphatic rings. The molecule has 6 heteroatoms. The first-order valence-electron chi connectivity index (χ1n) is 8.25. The minimum absolute atomic E-state index is 0.103. The van der Waals surface area contributed by atoms with E-state index < -0.39 is 10.0 Å². The summed E-state index contributed by atoms with van der Waals surface area (Å²) in [5, 5.41) is 2.99. The lowest BCUT2D eigenvalue weighted by molar-refractivity contribution is 0.0940. The number of carbonyl (C=O) groups is 1. The number of hydrogen-bond acceptors (Lipinski definition) is 3. The van der Waals surface area contributed by atoms with E-state index in [0.717, 1.165) is 11.1 Å². The minimum atomic E-state index is -3.32. The number of sulfonamides is 1. The fourth-order valence-corrected chi connectivity index (χ4v) is 4.62. The van der Waals surface area contributed by atoms with Crippen LogP contribution in [0.3, 0.4) is 0 Å². The Morgan fingerprint density at radius 2 is 1.88 bits per heavy atom. The van der Waals surface area contributed by atoms with Gasteiger partial charge < -0.3 is 5.32 Å².